The Kier molecular flexibility index (Phi) is 4.94. The van der Waals surface area contributed by atoms with Crippen LogP contribution >= 0.6 is 0 Å². The SMILES string of the molecule is COC(=O)[C@@H]1CN(Cc2ccccc2)C(=O)[C@@H]1Cc1ccccc1. The maximum absolute atomic E-state index is 12.9. The highest BCUT2D eigenvalue weighted by Crippen LogP contribution is 2.30. The van der Waals surface area contributed by atoms with Crippen molar-refractivity contribution in [2.24, 2.45) is 11.8 Å². The van der Waals surface area contributed by atoms with Crippen molar-refractivity contribution in [2.45, 2.75) is 13.0 Å². The first kappa shape index (κ1) is 16.2. The van der Waals surface area contributed by atoms with Crippen molar-refractivity contribution in [1.82, 2.24) is 4.90 Å². The highest BCUT2D eigenvalue weighted by molar-refractivity contribution is 5.89. The van der Waals surface area contributed by atoms with Crippen molar-refractivity contribution >= 4 is 11.9 Å². The summed E-state index contributed by atoms with van der Waals surface area (Å²) in [6.07, 6.45) is 0.560. The van der Waals surface area contributed by atoms with Crippen LogP contribution in [0.1, 0.15) is 11.1 Å². The molecule has 0 spiro atoms. The van der Waals surface area contributed by atoms with Crippen molar-refractivity contribution in [3.05, 3.63) is 71.8 Å². The van der Waals surface area contributed by atoms with Crippen molar-refractivity contribution in [3.63, 3.8) is 0 Å². The maximum Gasteiger partial charge on any atom is 0.311 e. The average Bonchev–Trinajstić information content (AvgIpc) is 2.92. The minimum Gasteiger partial charge on any atom is -0.469 e. The summed E-state index contributed by atoms with van der Waals surface area (Å²) in [5.74, 6) is -1.05. The van der Waals surface area contributed by atoms with E-state index >= 15 is 0 Å². The van der Waals surface area contributed by atoms with E-state index in [2.05, 4.69) is 0 Å². The molecule has 0 saturated carbocycles. The smallest absolute Gasteiger partial charge is 0.311 e. The van der Waals surface area contributed by atoms with Gasteiger partial charge in [0.05, 0.1) is 18.9 Å². The summed E-state index contributed by atoms with van der Waals surface area (Å²) >= 11 is 0. The Bertz CT molecular complexity index is 699. The lowest BCUT2D eigenvalue weighted by atomic mass is 9.89. The van der Waals surface area contributed by atoms with Crippen LogP contribution in [0.15, 0.2) is 60.7 Å². The number of amides is 1. The molecule has 2 atom stereocenters. The Morgan fingerprint density at radius 3 is 2.21 bits per heavy atom. The van der Waals surface area contributed by atoms with Crippen molar-refractivity contribution in [2.75, 3.05) is 13.7 Å². The molecule has 2 aromatic rings. The molecule has 0 aromatic heterocycles. The third-order valence-corrected chi connectivity index (χ3v) is 4.55. The van der Waals surface area contributed by atoms with E-state index < -0.39 is 5.92 Å². The lowest BCUT2D eigenvalue weighted by molar-refractivity contribution is -0.147. The minimum atomic E-state index is -0.411. The number of benzene rings is 2. The first-order chi connectivity index (χ1) is 11.7. The van der Waals surface area contributed by atoms with E-state index in [-0.39, 0.29) is 17.8 Å². The van der Waals surface area contributed by atoms with Crippen LogP contribution in [0.2, 0.25) is 0 Å². The van der Waals surface area contributed by atoms with Gasteiger partial charge >= 0.3 is 5.97 Å². The van der Waals surface area contributed by atoms with Crippen LogP contribution in [0.25, 0.3) is 0 Å². The van der Waals surface area contributed by atoms with Gasteiger partial charge in [-0.1, -0.05) is 60.7 Å². The second kappa shape index (κ2) is 7.30. The summed E-state index contributed by atoms with van der Waals surface area (Å²) in [7, 11) is 1.38. The van der Waals surface area contributed by atoms with Crippen molar-refractivity contribution in [1.29, 1.82) is 0 Å². The van der Waals surface area contributed by atoms with Crippen LogP contribution < -0.4 is 0 Å². The Labute approximate surface area is 142 Å². The van der Waals surface area contributed by atoms with E-state index in [1.54, 1.807) is 4.90 Å². The zero-order valence-corrected chi connectivity index (χ0v) is 13.7. The predicted molar refractivity (Wildman–Crippen MR) is 91.0 cm³/mol. The number of methoxy groups -OCH3 is 1. The van der Waals surface area contributed by atoms with Gasteiger partial charge in [-0.05, 0) is 17.5 Å². The van der Waals surface area contributed by atoms with Gasteiger partial charge in [-0.25, -0.2) is 0 Å². The number of nitrogens with zero attached hydrogens (tertiary/aromatic N) is 1. The fraction of sp³-hybridized carbons (Fsp3) is 0.300. The summed E-state index contributed by atoms with van der Waals surface area (Å²) in [4.78, 5) is 26.8. The van der Waals surface area contributed by atoms with Crippen LogP contribution in [-0.4, -0.2) is 30.4 Å². The van der Waals surface area contributed by atoms with Crippen LogP contribution in [0.4, 0.5) is 0 Å². The number of likely N-dealkylation sites (tertiary alicyclic amines) is 1. The van der Waals surface area contributed by atoms with Gasteiger partial charge in [-0.3, -0.25) is 9.59 Å². The molecule has 1 fully saturated rings. The number of rotatable bonds is 5. The number of hydrogen-bond acceptors (Lipinski definition) is 3. The van der Waals surface area contributed by atoms with Crippen molar-refractivity contribution < 1.29 is 14.3 Å². The van der Waals surface area contributed by atoms with Gasteiger partial charge < -0.3 is 9.64 Å². The number of carbonyl (C=O) groups excluding carboxylic acids is 2. The Morgan fingerprint density at radius 2 is 1.62 bits per heavy atom. The van der Waals surface area contributed by atoms with Gasteiger partial charge in [-0.2, -0.15) is 0 Å². The fourth-order valence-corrected chi connectivity index (χ4v) is 3.30. The van der Waals surface area contributed by atoms with Crippen LogP contribution in [0.5, 0.6) is 0 Å². The molecule has 1 amide bonds. The molecule has 24 heavy (non-hydrogen) atoms. The highest BCUT2D eigenvalue weighted by atomic mass is 16.5. The molecule has 1 aliphatic heterocycles. The van der Waals surface area contributed by atoms with E-state index in [0.717, 1.165) is 11.1 Å². The lowest BCUT2D eigenvalue weighted by Crippen LogP contribution is -2.28. The number of esters is 1. The zero-order chi connectivity index (χ0) is 16.9. The number of carbonyl (C=O) groups is 2. The first-order valence-electron chi connectivity index (χ1n) is 8.13. The molecule has 0 aliphatic carbocycles. The third-order valence-electron chi connectivity index (χ3n) is 4.55. The number of hydrogen-bond donors (Lipinski definition) is 0. The molecule has 3 rings (SSSR count). The van der Waals surface area contributed by atoms with E-state index in [9.17, 15) is 9.59 Å². The van der Waals surface area contributed by atoms with E-state index in [1.165, 1.54) is 7.11 Å². The maximum atomic E-state index is 12.9. The lowest BCUT2D eigenvalue weighted by Gasteiger charge is -2.16. The molecule has 124 valence electrons. The summed E-state index contributed by atoms with van der Waals surface area (Å²) in [5, 5.41) is 0. The fourth-order valence-electron chi connectivity index (χ4n) is 3.30. The molecular formula is C20H21NO3. The molecular weight excluding hydrogens is 302 g/mol. The quantitative estimate of drug-likeness (QED) is 0.795. The summed E-state index contributed by atoms with van der Waals surface area (Å²) < 4.78 is 4.93. The molecule has 1 heterocycles. The van der Waals surface area contributed by atoms with Gasteiger partial charge in [0.25, 0.3) is 0 Å². The monoisotopic (exact) mass is 323 g/mol. The van der Waals surface area contributed by atoms with Crippen LogP contribution in [0.3, 0.4) is 0 Å². The van der Waals surface area contributed by atoms with Gasteiger partial charge in [0.2, 0.25) is 5.91 Å². The standard InChI is InChI=1S/C20H21NO3/c1-24-20(23)18-14-21(13-16-10-6-3-7-11-16)19(22)17(18)12-15-8-4-2-5-9-15/h2-11,17-18H,12-14H2,1H3/t17-,18-/m1/s1. The largest absolute Gasteiger partial charge is 0.469 e. The van der Waals surface area contributed by atoms with E-state index in [0.29, 0.717) is 19.5 Å². The molecule has 0 bridgehead atoms. The molecule has 4 nitrogen and oxygen atoms in total. The van der Waals surface area contributed by atoms with Gasteiger partial charge in [-0.15, -0.1) is 0 Å². The molecule has 0 radical (unpaired) electrons. The third kappa shape index (κ3) is 3.48. The molecule has 1 aliphatic rings. The van der Waals surface area contributed by atoms with Gasteiger partial charge in [0.15, 0.2) is 0 Å². The van der Waals surface area contributed by atoms with E-state index in [1.807, 2.05) is 60.7 Å². The molecule has 2 aromatic carbocycles. The molecule has 0 unspecified atom stereocenters. The second-order valence-electron chi connectivity index (χ2n) is 6.13. The van der Waals surface area contributed by atoms with Gasteiger partial charge in [0.1, 0.15) is 0 Å². The van der Waals surface area contributed by atoms with Gasteiger partial charge in [0, 0.05) is 13.1 Å². The van der Waals surface area contributed by atoms with E-state index in [4.69, 9.17) is 4.74 Å². The van der Waals surface area contributed by atoms with Crippen molar-refractivity contribution in [3.8, 4) is 0 Å². The summed E-state index contributed by atoms with van der Waals surface area (Å²) in [5.41, 5.74) is 2.13. The summed E-state index contributed by atoms with van der Waals surface area (Å²) in [6.45, 7) is 0.941. The average molecular weight is 323 g/mol. The van der Waals surface area contributed by atoms with Crippen LogP contribution in [0, 0.1) is 11.8 Å². The Morgan fingerprint density at radius 1 is 1.04 bits per heavy atom. The number of ether oxygens (including phenoxy) is 1. The topological polar surface area (TPSA) is 46.6 Å². The molecule has 0 N–H and O–H groups in total. The Balaban J connectivity index is 1.79. The predicted octanol–water partition coefficient (Wildman–Crippen LogP) is 2.68. The normalized spacial score (nSPS) is 20.2. The second-order valence-corrected chi connectivity index (χ2v) is 6.13. The molecule has 1 saturated heterocycles. The zero-order valence-electron chi connectivity index (χ0n) is 13.7. The molecule has 4 heteroatoms. The van der Waals surface area contributed by atoms with Crippen LogP contribution in [-0.2, 0) is 27.3 Å². The summed E-state index contributed by atoms with van der Waals surface area (Å²) in [6, 6.07) is 19.7. The Hall–Kier alpha value is -2.62. The minimum absolute atomic E-state index is 0.0260. The highest BCUT2D eigenvalue weighted by Gasteiger charge is 2.44. The first-order valence-corrected chi connectivity index (χ1v) is 8.13.